The smallest absolute Gasteiger partial charge is 0.254 e. The van der Waals surface area contributed by atoms with Gasteiger partial charge in [-0.25, -0.2) is 9.37 Å². The highest BCUT2D eigenvalue weighted by atomic mass is 35.5. The zero-order chi connectivity index (χ0) is 23.4. The predicted octanol–water partition coefficient (Wildman–Crippen LogP) is 3.78. The molecule has 0 saturated carbocycles. The van der Waals surface area contributed by atoms with Crippen molar-refractivity contribution in [3.63, 3.8) is 0 Å². The van der Waals surface area contributed by atoms with Crippen molar-refractivity contribution < 1.29 is 18.7 Å². The van der Waals surface area contributed by atoms with Gasteiger partial charge in [-0.3, -0.25) is 4.79 Å². The van der Waals surface area contributed by atoms with E-state index in [9.17, 15) is 9.18 Å². The van der Waals surface area contributed by atoms with E-state index in [0.29, 0.717) is 46.8 Å². The summed E-state index contributed by atoms with van der Waals surface area (Å²) in [5.41, 5.74) is 0.877. The molecule has 3 N–H and O–H groups in total. The first-order chi connectivity index (χ1) is 15.9. The van der Waals surface area contributed by atoms with Crippen LogP contribution in [0, 0.1) is 5.82 Å². The normalized spacial score (nSPS) is 12.0. The van der Waals surface area contributed by atoms with Crippen molar-refractivity contribution in [3.8, 4) is 11.5 Å². The fourth-order valence-electron chi connectivity index (χ4n) is 3.08. The van der Waals surface area contributed by atoms with Crippen LogP contribution in [0.5, 0.6) is 11.5 Å². The van der Waals surface area contributed by atoms with Gasteiger partial charge in [0.15, 0.2) is 11.5 Å². The number of carbonyl (C=O) groups is 1. The minimum absolute atomic E-state index is 0.0366. The molecule has 9 nitrogen and oxygen atoms in total. The van der Waals surface area contributed by atoms with E-state index in [1.165, 1.54) is 18.3 Å². The molecule has 0 atom stereocenters. The molecule has 1 aliphatic heterocycles. The van der Waals surface area contributed by atoms with Crippen molar-refractivity contribution in [3.05, 3.63) is 59.0 Å². The fraction of sp³-hybridized carbons (Fsp3) is 0.227. The summed E-state index contributed by atoms with van der Waals surface area (Å²) in [6.07, 6.45) is 1.54. The van der Waals surface area contributed by atoms with Crippen molar-refractivity contribution in [2.24, 2.45) is 0 Å². The van der Waals surface area contributed by atoms with Crippen LogP contribution in [0.2, 0.25) is 5.02 Å². The van der Waals surface area contributed by atoms with Crippen LogP contribution in [0.3, 0.4) is 0 Å². The molecule has 2 heterocycles. The average molecular weight is 473 g/mol. The number of aromatic nitrogens is 2. The first-order valence-corrected chi connectivity index (χ1v) is 10.5. The minimum atomic E-state index is -0.652. The second-order valence-corrected chi connectivity index (χ2v) is 7.83. The minimum Gasteiger partial charge on any atom is -0.454 e. The zero-order valence-corrected chi connectivity index (χ0v) is 18.7. The van der Waals surface area contributed by atoms with Gasteiger partial charge in [-0.15, -0.1) is 0 Å². The number of benzene rings is 2. The molecule has 0 saturated heterocycles. The van der Waals surface area contributed by atoms with E-state index < -0.39 is 11.7 Å². The Morgan fingerprint density at radius 1 is 1.18 bits per heavy atom. The molecule has 0 fully saturated rings. The Labute approximate surface area is 194 Å². The Balaban J connectivity index is 1.45. The number of nitrogens with zero attached hydrogens (tertiary/aromatic N) is 3. The number of hydrogen-bond donors (Lipinski definition) is 3. The summed E-state index contributed by atoms with van der Waals surface area (Å²) in [7, 11) is 3.78. The SMILES string of the molecule is CN(C)CCNC(=O)c1ccc(Nc2nccc(Nc3c(Cl)ccc4c3OCO4)n2)cc1F. The number of halogens is 2. The van der Waals surface area contributed by atoms with E-state index in [-0.39, 0.29) is 18.3 Å². The molecular formula is C22H22ClFN6O3. The van der Waals surface area contributed by atoms with Crippen molar-refractivity contribution >= 4 is 40.6 Å². The largest absolute Gasteiger partial charge is 0.454 e. The summed E-state index contributed by atoms with van der Waals surface area (Å²) in [6.45, 7) is 1.19. The topological polar surface area (TPSA) is 101 Å². The summed E-state index contributed by atoms with van der Waals surface area (Å²) in [5, 5.41) is 9.16. The van der Waals surface area contributed by atoms with Crippen molar-refractivity contribution in [2.45, 2.75) is 0 Å². The lowest BCUT2D eigenvalue weighted by molar-refractivity contribution is 0.0947. The van der Waals surface area contributed by atoms with Gasteiger partial charge in [0.1, 0.15) is 17.3 Å². The van der Waals surface area contributed by atoms with Crippen molar-refractivity contribution in [1.29, 1.82) is 0 Å². The number of amides is 1. The van der Waals surface area contributed by atoms with Crippen LogP contribution in [0.25, 0.3) is 0 Å². The third-order valence-electron chi connectivity index (χ3n) is 4.71. The summed E-state index contributed by atoms with van der Waals surface area (Å²) < 4.78 is 25.4. The Morgan fingerprint density at radius 2 is 2.03 bits per heavy atom. The first-order valence-electron chi connectivity index (χ1n) is 10.1. The van der Waals surface area contributed by atoms with Gasteiger partial charge in [0.05, 0.1) is 10.6 Å². The average Bonchev–Trinajstić information content (AvgIpc) is 3.25. The lowest BCUT2D eigenvalue weighted by Gasteiger charge is -2.12. The number of fused-ring (bicyclic) bond motifs is 1. The van der Waals surface area contributed by atoms with E-state index >= 15 is 0 Å². The molecule has 33 heavy (non-hydrogen) atoms. The van der Waals surface area contributed by atoms with E-state index in [2.05, 4.69) is 25.9 Å². The van der Waals surface area contributed by atoms with Crippen molar-refractivity contribution in [1.82, 2.24) is 20.2 Å². The lowest BCUT2D eigenvalue weighted by atomic mass is 10.1. The van der Waals surface area contributed by atoms with Crippen LogP contribution in [-0.2, 0) is 0 Å². The second kappa shape index (κ2) is 9.88. The molecule has 1 aromatic heterocycles. The van der Waals surface area contributed by atoms with Gasteiger partial charge >= 0.3 is 0 Å². The van der Waals surface area contributed by atoms with Gasteiger partial charge in [0.25, 0.3) is 5.91 Å². The first kappa shape index (κ1) is 22.6. The maximum Gasteiger partial charge on any atom is 0.254 e. The van der Waals surface area contributed by atoms with Gasteiger partial charge in [-0.1, -0.05) is 11.6 Å². The Bertz CT molecular complexity index is 1180. The molecule has 172 valence electrons. The molecule has 0 radical (unpaired) electrons. The lowest BCUT2D eigenvalue weighted by Crippen LogP contribution is -2.31. The molecule has 4 rings (SSSR count). The molecule has 1 amide bonds. The van der Waals surface area contributed by atoms with Gasteiger partial charge in [0.2, 0.25) is 12.7 Å². The van der Waals surface area contributed by atoms with Crippen LogP contribution in [-0.4, -0.2) is 54.8 Å². The third kappa shape index (κ3) is 5.41. The van der Waals surface area contributed by atoms with Gasteiger partial charge in [-0.2, -0.15) is 4.98 Å². The summed E-state index contributed by atoms with van der Waals surface area (Å²) in [4.78, 5) is 22.7. The fourth-order valence-corrected chi connectivity index (χ4v) is 3.27. The standard InChI is InChI=1S/C22H22ClFN6O3/c1-30(2)10-9-25-21(31)14-4-3-13(11-16(14)24)27-22-26-8-7-18(29-22)28-19-15(23)5-6-17-20(19)33-12-32-17/h3-8,11H,9-10,12H2,1-2H3,(H,25,31)(H2,26,27,28,29). The maximum atomic E-state index is 14.5. The van der Waals surface area contributed by atoms with E-state index in [4.69, 9.17) is 21.1 Å². The number of likely N-dealkylation sites (N-methyl/N-ethyl adjacent to an activating group) is 1. The van der Waals surface area contributed by atoms with Crippen LogP contribution in [0.1, 0.15) is 10.4 Å². The van der Waals surface area contributed by atoms with E-state index in [1.807, 2.05) is 19.0 Å². The van der Waals surface area contributed by atoms with Crippen LogP contribution < -0.4 is 25.4 Å². The van der Waals surface area contributed by atoms with Crippen LogP contribution in [0.15, 0.2) is 42.6 Å². The number of hydrogen-bond acceptors (Lipinski definition) is 8. The van der Waals surface area contributed by atoms with Gasteiger partial charge in [0, 0.05) is 25.0 Å². The molecule has 3 aromatic rings. The molecule has 0 aliphatic carbocycles. The molecule has 2 aromatic carbocycles. The zero-order valence-electron chi connectivity index (χ0n) is 18.0. The monoisotopic (exact) mass is 472 g/mol. The Hall–Kier alpha value is -3.63. The number of ether oxygens (including phenoxy) is 2. The number of rotatable bonds is 8. The quantitative estimate of drug-likeness (QED) is 0.455. The molecule has 11 heteroatoms. The highest BCUT2D eigenvalue weighted by Crippen LogP contribution is 2.44. The summed E-state index contributed by atoms with van der Waals surface area (Å²) in [5.74, 6) is 0.620. The highest BCUT2D eigenvalue weighted by molar-refractivity contribution is 6.33. The number of carbonyl (C=O) groups excluding carboxylic acids is 1. The molecule has 0 spiro atoms. The van der Waals surface area contributed by atoms with Crippen LogP contribution >= 0.6 is 11.6 Å². The summed E-state index contributed by atoms with van der Waals surface area (Å²) >= 11 is 6.30. The Morgan fingerprint density at radius 3 is 2.82 bits per heavy atom. The second-order valence-electron chi connectivity index (χ2n) is 7.43. The molecule has 0 unspecified atom stereocenters. The number of anilines is 4. The third-order valence-corrected chi connectivity index (χ3v) is 5.03. The molecular weight excluding hydrogens is 451 g/mol. The molecule has 1 aliphatic rings. The van der Waals surface area contributed by atoms with Gasteiger partial charge in [-0.05, 0) is 50.5 Å². The number of nitrogens with one attached hydrogen (secondary N) is 3. The van der Waals surface area contributed by atoms with E-state index in [0.717, 1.165) is 0 Å². The van der Waals surface area contributed by atoms with Gasteiger partial charge < -0.3 is 30.3 Å². The van der Waals surface area contributed by atoms with E-state index in [1.54, 1.807) is 24.3 Å². The maximum absolute atomic E-state index is 14.5. The molecule has 0 bridgehead atoms. The predicted molar refractivity (Wildman–Crippen MR) is 123 cm³/mol. The highest BCUT2D eigenvalue weighted by Gasteiger charge is 2.21. The van der Waals surface area contributed by atoms with Crippen LogP contribution in [0.4, 0.5) is 27.5 Å². The summed E-state index contributed by atoms with van der Waals surface area (Å²) in [6, 6.07) is 9.28. The Kier molecular flexibility index (Phi) is 6.76. The van der Waals surface area contributed by atoms with Crippen molar-refractivity contribution in [2.75, 3.05) is 44.6 Å².